The Labute approximate surface area is 111 Å². The zero-order valence-electron chi connectivity index (χ0n) is 9.70. The SMILES string of the molecule is CC(C)COC(=O)COc1c(Cl)cccc1Cl. The molecule has 94 valence electrons. The highest BCUT2D eigenvalue weighted by Gasteiger charge is 2.10. The van der Waals surface area contributed by atoms with Crippen molar-refractivity contribution in [3.05, 3.63) is 28.2 Å². The maximum atomic E-state index is 11.3. The van der Waals surface area contributed by atoms with Crippen LogP contribution >= 0.6 is 23.2 Å². The monoisotopic (exact) mass is 276 g/mol. The summed E-state index contributed by atoms with van der Waals surface area (Å²) in [5.74, 6) is 0.162. The van der Waals surface area contributed by atoms with E-state index in [2.05, 4.69) is 0 Å². The van der Waals surface area contributed by atoms with Crippen molar-refractivity contribution in [2.24, 2.45) is 5.92 Å². The van der Waals surface area contributed by atoms with E-state index in [1.807, 2.05) is 13.8 Å². The summed E-state index contributed by atoms with van der Waals surface area (Å²) < 4.78 is 10.2. The van der Waals surface area contributed by atoms with Crippen molar-refractivity contribution in [1.82, 2.24) is 0 Å². The average Bonchev–Trinajstić information content (AvgIpc) is 2.25. The quantitative estimate of drug-likeness (QED) is 0.772. The fourth-order valence-electron chi connectivity index (χ4n) is 1.05. The van der Waals surface area contributed by atoms with Gasteiger partial charge in [-0.05, 0) is 18.1 Å². The zero-order valence-corrected chi connectivity index (χ0v) is 11.2. The highest BCUT2D eigenvalue weighted by Crippen LogP contribution is 2.32. The number of rotatable bonds is 5. The molecule has 0 fully saturated rings. The molecule has 0 unspecified atom stereocenters. The Balaban J connectivity index is 2.47. The van der Waals surface area contributed by atoms with Crippen molar-refractivity contribution in [3.63, 3.8) is 0 Å². The molecule has 0 amide bonds. The molecule has 0 radical (unpaired) electrons. The predicted octanol–water partition coefficient (Wildman–Crippen LogP) is 3.57. The van der Waals surface area contributed by atoms with Crippen LogP contribution in [0.1, 0.15) is 13.8 Å². The third-order valence-electron chi connectivity index (χ3n) is 1.83. The molecule has 3 nitrogen and oxygen atoms in total. The van der Waals surface area contributed by atoms with E-state index in [0.717, 1.165) is 0 Å². The van der Waals surface area contributed by atoms with E-state index in [1.165, 1.54) is 0 Å². The summed E-state index contributed by atoms with van der Waals surface area (Å²) in [5, 5.41) is 0.739. The van der Waals surface area contributed by atoms with Crippen LogP contribution in [0.25, 0.3) is 0 Å². The minimum absolute atomic E-state index is 0.198. The van der Waals surface area contributed by atoms with Crippen molar-refractivity contribution in [3.8, 4) is 5.75 Å². The number of hydrogen-bond donors (Lipinski definition) is 0. The van der Waals surface area contributed by atoms with Gasteiger partial charge < -0.3 is 9.47 Å². The lowest BCUT2D eigenvalue weighted by Gasteiger charge is -2.10. The van der Waals surface area contributed by atoms with E-state index in [9.17, 15) is 4.79 Å². The summed E-state index contributed by atoms with van der Waals surface area (Å²) in [5.41, 5.74) is 0. The summed E-state index contributed by atoms with van der Waals surface area (Å²) in [7, 11) is 0. The second-order valence-electron chi connectivity index (χ2n) is 3.92. The van der Waals surface area contributed by atoms with Gasteiger partial charge >= 0.3 is 5.97 Å². The number of halogens is 2. The van der Waals surface area contributed by atoms with Gasteiger partial charge in [0.1, 0.15) is 0 Å². The van der Waals surface area contributed by atoms with Crippen LogP contribution in [0.2, 0.25) is 10.0 Å². The zero-order chi connectivity index (χ0) is 12.8. The number of carbonyl (C=O) groups is 1. The molecule has 0 aliphatic heterocycles. The molecule has 0 bridgehead atoms. The number of ether oxygens (including phenoxy) is 2. The third-order valence-corrected chi connectivity index (χ3v) is 2.43. The van der Waals surface area contributed by atoms with Crippen LogP contribution in [0.15, 0.2) is 18.2 Å². The number of carbonyl (C=O) groups excluding carboxylic acids is 1. The van der Waals surface area contributed by atoms with Crippen LogP contribution in [0.4, 0.5) is 0 Å². The first-order chi connectivity index (χ1) is 8.00. The maximum absolute atomic E-state index is 11.3. The molecule has 0 aliphatic carbocycles. The predicted molar refractivity (Wildman–Crippen MR) is 67.8 cm³/mol. The van der Waals surface area contributed by atoms with E-state index >= 15 is 0 Å². The third kappa shape index (κ3) is 4.84. The molecule has 0 heterocycles. The lowest BCUT2D eigenvalue weighted by molar-refractivity contribution is -0.147. The smallest absolute Gasteiger partial charge is 0.344 e. The molecule has 0 N–H and O–H groups in total. The molecule has 17 heavy (non-hydrogen) atoms. The molecular weight excluding hydrogens is 263 g/mol. The van der Waals surface area contributed by atoms with Crippen LogP contribution in [-0.2, 0) is 9.53 Å². The van der Waals surface area contributed by atoms with E-state index in [1.54, 1.807) is 18.2 Å². The second kappa shape index (κ2) is 6.72. The highest BCUT2D eigenvalue weighted by molar-refractivity contribution is 6.37. The van der Waals surface area contributed by atoms with Crippen LogP contribution in [0.3, 0.4) is 0 Å². The van der Waals surface area contributed by atoms with Gasteiger partial charge in [-0.3, -0.25) is 0 Å². The van der Waals surface area contributed by atoms with Gasteiger partial charge in [0.15, 0.2) is 12.4 Å². The standard InChI is InChI=1S/C12H14Cl2O3/c1-8(2)6-16-11(15)7-17-12-9(13)4-3-5-10(12)14/h3-5,8H,6-7H2,1-2H3. The van der Waals surface area contributed by atoms with Gasteiger partial charge in [0.05, 0.1) is 16.7 Å². The first-order valence-corrected chi connectivity index (χ1v) is 5.98. The molecule has 0 atom stereocenters. The Bertz CT molecular complexity index is 371. The Morgan fingerprint density at radius 1 is 1.29 bits per heavy atom. The molecule has 0 saturated carbocycles. The fourth-order valence-corrected chi connectivity index (χ4v) is 1.56. The van der Waals surface area contributed by atoms with E-state index < -0.39 is 5.97 Å². The molecule has 0 saturated heterocycles. The van der Waals surface area contributed by atoms with Gasteiger partial charge in [0.25, 0.3) is 0 Å². The largest absolute Gasteiger partial charge is 0.479 e. The maximum Gasteiger partial charge on any atom is 0.344 e. The summed E-state index contributed by atoms with van der Waals surface area (Å²) in [4.78, 5) is 11.3. The Kier molecular flexibility index (Phi) is 5.59. The Morgan fingerprint density at radius 2 is 1.88 bits per heavy atom. The first kappa shape index (κ1) is 14.1. The van der Waals surface area contributed by atoms with Crippen molar-refractivity contribution >= 4 is 29.2 Å². The molecule has 1 aromatic carbocycles. The topological polar surface area (TPSA) is 35.5 Å². The fraction of sp³-hybridized carbons (Fsp3) is 0.417. The Morgan fingerprint density at radius 3 is 2.41 bits per heavy atom. The van der Waals surface area contributed by atoms with Crippen LogP contribution in [-0.4, -0.2) is 19.2 Å². The van der Waals surface area contributed by atoms with Crippen LogP contribution < -0.4 is 4.74 Å². The summed E-state index contributed by atoms with van der Waals surface area (Å²) in [6, 6.07) is 4.99. The molecule has 5 heteroatoms. The summed E-state index contributed by atoms with van der Waals surface area (Å²) in [6.45, 7) is 4.09. The van der Waals surface area contributed by atoms with Gasteiger partial charge in [-0.2, -0.15) is 0 Å². The van der Waals surface area contributed by atoms with Gasteiger partial charge in [0, 0.05) is 0 Å². The minimum atomic E-state index is -0.435. The summed E-state index contributed by atoms with van der Waals surface area (Å²) >= 11 is 11.8. The summed E-state index contributed by atoms with van der Waals surface area (Å²) in [6.07, 6.45) is 0. The van der Waals surface area contributed by atoms with Crippen LogP contribution in [0, 0.1) is 5.92 Å². The number of para-hydroxylation sites is 1. The molecule has 1 aromatic rings. The second-order valence-corrected chi connectivity index (χ2v) is 4.73. The number of benzene rings is 1. The van der Waals surface area contributed by atoms with Crippen LogP contribution in [0.5, 0.6) is 5.75 Å². The van der Waals surface area contributed by atoms with Gasteiger partial charge in [0.2, 0.25) is 0 Å². The van der Waals surface area contributed by atoms with Gasteiger partial charge in [-0.25, -0.2) is 4.79 Å². The normalized spacial score (nSPS) is 10.4. The van der Waals surface area contributed by atoms with Crippen molar-refractivity contribution in [2.45, 2.75) is 13.8 Å². The van der Waals surface area contributed by atoms with Gasteiger partial charge in [-0.15, -0.1) is 0 Å². The highest BCUT2D eigenvalue weighted by atomic mass is 35.5. The number of hydrogen-bond acceptors (Lipinski definition) is 3. The number of esters is 1. The van der Waals surface area contributed by atoms with Crippen molar-refractivity contribution in [2.75, 3.05) is 13.2 Å². The average molecular weight is 277 g/mol. The van der Waals surface area contributed by atoms with Crippen molar-refractivity contribution in [1.29, 1.82) is 0 Å². The minimum Gasteiger partial charge on any atom is -0.479 e. The molecule has 1 rings (SSSR count). The molecule has 0 aliphatic rings. The van der Waals surface area contributed by atoms with E-state index in [-0.39, 0.29) is 6.61 Å². The van der Waals surface area contributed by atoms with E-state index in [0.29, 0.717) is 28.3 Å². The van der Waals surface area contributed by atoms with Crippen molar-refractivity contribution < 1.29 is 14.3 Å². The molecular formula is C12H14Cl2O3. The lowest BCUT2D eigenvalue weighted by Crippen LogP contribution is -2.17. The lowest BCUT2D eigenvalue weighted by atomic mass is 10.2. The van der Waals surface area contributed by atoms with E-state index in [4.69, 9.17) is 32.7 Å². The van der Waals surface area contributed by atoms with Gasteiger partial charge in [-0.1, -0.05) is 43.1 Å². The molecule has 0 spiro atoms. The first-order valence-electron chi connectivity index (χ1n) is 5.23. The molecule has 0 aromatic heterocycles. The Hall–Kier alpha value is -0.930.